The summed E-state index contributed by atoms with van der Waals surface area (Å²) in [7, 11) is -2.35. The molecule has 1 aromatic rings. The molecule has 7 nitrogen and oxygen atoms in total. The molecule has 0 aromatic heterocycles. The molecule has 1 amide bonds. The highest BCUT2D eigenvalue weighted by molar-refractivity contribution is 7.90. The Kier molecular flexibility index (Phi) is 2.95. The van der Waals surface area contributed by atoms with Gasteiger partial charge in [0.1, 0.15) is 4.90 Å². The summed E-state index contributed by atoms with van der Waals surface area (Å²) in [5, 5.41) is 2.37. The number of carbonyl (C=O) groups is 1. The van der Waals surface area contributed by atoms with Crippen molar-refractivity contribution in [3.05, 3.63) is 24.3 Å². The zero-order valence-electron chi connectivity index (χ0n) is 9.62. The van der Waals surface area contributed by atoms with Crippen LogP contribution in [0.2, 0.25) is 0 Å². The highest BCUT2D eigenvalue weighted by atomic mass is 32.2. The Bertz CT molecular complexity index is 624. The van der Waals surface area contributed by atoms with Gasteiger partial charge in [0.15, 0.2) is 0 Å². The third kappa shape index (κ3) is 2.28. The average molecular weight is 268 g/mol. The summed E-state index contributed by atoms with van der Waals surface area (Å²) < 4.78 is 27.6. The third-order valence-electron chi connectivity index (χ3n) is 2.40. The summed E-state index contributed by atoms with van der Waals surface area (Å²) in [6.07, 6.45) is 0. The highest BCUT2D eigenvalue weighted by Gasteiger charge is 2.25. The van der Waals surface area contributed by atoms with Crippen LogP contribution in [-0.4, -0.2) is 38.8 Å². The molecule has 2 rings (SSSR count). The van der Waals surface area contributed by atoms with Crippen molar-refractivity contribution in [3.8, 4) is 0 Å². The molecule has 0 aliphatic carbocycles. The molecule has 1 fully saturated rings. The lowest BCUT2D eigenvalue weighted by Crippen LogP contribution is -2.28. The van der Waals surface area contributed by atoms with Crippen LogP contribution < -0.4 is 11.1 Å². The van der Waals surface area contributed by atoms with Gasteiger partial charge in [-0.1, -0.05) is 12.1 Å². The molecule has 1 saturated heterocycles. The maximum absolute atomic E-state index is 12.0. The van der Waals surface area contributed by atoms with Crippen molar-refractivity contribution in [2.24, 2.45) is 4.40 Å². The number of anilines is 1. The van der Waals surface area contributed by atoms with Crippen LogP contribution in [0.5, 0.6) is 0 Å². The number of carbonyl (C=O) groups excluding carboxylic acids is 1. The number of likely N-dealkylation sites (N-methyl/N-ethyl adjacent to an activating group) is 1. The number of hydrogen-bond acceptors (Lipinski definition) is 4. The fourth-order valence-corrected chi connectivity index (χ4v) is 2.65. The van der Waals surface area contributed by atoms with E-state index >= 15 is 0 Å². The van der Waals surface area contributed by atoms with Crippen LogP contribution in [0.4, 0.5) is 5.69 Å². The molecule has 1 aliphatic rings. The van der Waals surface area contributed by atoms with Crippen LogP contribution in [0.15, 0.2) is 33.6 Å². The number of benzene rings is 1. The van der Waals surface area contributed by atoms with Crippen LogP contribution in [0.25, 0.3) is 0 Å². The number of guanidine groups is 1. The lowest BCUT2D eigenvalue weighted by molar-refractivity contribution is -0.118. The van der Waals surface area contributed by atoms with Crippen molar-refractivity contribution in [2.45, 2.75) is 4.90 Å². The van der Waals surface area contributed by atoms with Crippen LogP contribution in [-0.2, 0) is 14.8 Å². The molecule has 96 valence electrons. The first-order chi connectivity index (χ1) is 8.40. The Hall–Kier alpha value is -2.09. The number of nitrogens with zero attached hydrogens (tertiary/aromatic N) is 2. The summed E-state index contributed by atoms with van der Waals surface area (Å²) in [5.74, 6) is -0.296. The predicted molar refractivity (Wildman–Crippen MR) is 66.2 cm³/mol. The quantitative estimate of drug-likeness (QED) is 0.695. The van der Waals surface area contributed by atoms with E-state index in [1.807, 2.05) is 0 Å². The normalized spacial score (nSPS) is 18.2. The van der Waals surface area contributed by atoms with E-state index < -0.39 is 10.0 Å². The molecule has 0 atom stereocenters. The second kappa shape index (κ2) is 4.30. The minimum Gasteiger partial charge on any atom is -0.398 e. The molecular formula is C10H12N4O3S. The smallest absolute Gasteiger partial charge is 0.287 e. The largest absolute Gasteiger partial charge is 0.398 e. The van der Waals surface area contributed by atoms with Gasteiger partial charge in [0.05, 0.1) is 12.2 Å². The zero-order chi connectivity index (χ0) is 13.3. The van der Waals surface area contributed by atoms with E-state index in [1.165, 1.54) is 17.0 Å². The van der Waals surface area contributed by atoms with Gasteiger partial charge in [0.25, 0.3) is 10.0 Å². The molecule has 18 heavy (non-hydrogen) atoms. The Morgan fingerprint density at radius 3 is 2.61 bits per heavy atom. The highest BCUT2D eigenvalue weighted by Crippen LogP contribution is 2.20. The van der Waals surface area contributed by atoms with Crippen molar-refractivity contribution >= 4 is 27.6 Å². The lowest BCUT2D eigenvalue weighted by atomic mass is 10.3. The van der Waals surface area contributed by atoms with Gasteiger partial charge in [-0.3, -0.25) is 10.1 Å². The van der Waals surface area contributed by atoms with E-state index in [1.54, 1.807) is 19.2 Å². The van der Waals surface area contributed by atoms with E-state index in [-0.39, 0.29) is 29.0 Å². The monoisotopic (exact) mass is 268 g/mol. The first-order valence-corrected chi connectivity index (χ1v) is 6.54. The fraction of sp³-hybridized carbons (Fsp3) is 0.200. The topological polar surface area (TPSA) is 105 Å². The molecule has 8 heteroatoms. The minimum absolute atomic E-state index is 0.00301. The van der Waals surface area contributed by atoms with E-state index in [0.29, 0.717) is 0 Å². The number of rotatable bonds is 2. The third-order valence-corrected chi connectivity index (χ3v) is 3.74. The number of amides is 1. The molecule has 1 heterocycles. The molecule has 0 spiro atoms. The van der Waals surface area contributed by atoms with Crippen LogP contribution in [0, 0.1) is 0 Å². The Morgan fingerprint density at radius 1 is 1.39 bits per heavy atom. The van der Waals surface area contributed by atoms with E-state index in [4.69, 9.17) is 5.73 Å². The van der Waals surface area contributed by atoms with Crippen LogP contribution in [0.1, 0.15) is 0 Å². The van der Waals surface area contributed by atoms with Gasteiger partial charge >= 0.3 is 0 Å². The number of hydrogen-bond donors (Lipinski definition) is 2. The van der Waals surface area contributed by atoms with Crippen molar-refractivity contribution in [1.82, 2.24) is 10.2 Å². The van der Waals surface area contributed by atoms with E-state index in [9.17, 15) is 13.2 Å². The first kappa shape index (κ1) is 12.4. The number of nitrogen functional groups attached to an aromatic ring is 1. The van der Waals surface area contributed by atoms with Crippen molar-refractivity contribution in [3.63, 3.8) is 0 Å². The Balaban J connectivity index is 2.42. The zero-order valence-corrected chi connectivity index (χ0v) is 10.4. The molecule has 3 N–H and O–H groups in total. The summed E-state index contributed by atoms with van der Waals surface area (Å²) >= 11 is 0. The maximum atomic E-state index is 12.0. The van der Waals surface area contributed by atoms with Crippen LogP contribution in [0.3, 0.4) is 0 Å². The summed E-state index contributed by atoms with van der Waals surface area (Å²) in [6.45, 7) is 0.0820. The standard InChI is InChI=1S/C10H12N4O3S/c1-14-6-9(15)12-10(14)13-18(16,17)8-5-3-2-4-7(8)11/h2-5H,6,11H2,1H3,(H,12,13,15). The van der Waals surface area contributed by atoms with Gasteiger partial charge in [-0.2, -0.15) is 8.42 Å². The summed E-state index contributed by atoms with van der Waals surface area (Å²) in [5.41, 5.74) is 5.71. The van der Waals surface area contributed by atoms with Gasteiger partial charge in [0.2, 0.25) is 11.9 Å². The van der Waals surface area contributed by atoms with Gasteiger partial charge < -0.3 is 10.6 Å². The molecule has 1 aromatic carbocycles. The van der Waals surface area contributed by atoms with Gasteiger partial charge in [0, 0.05) is 7.05 Å². The molecule has 0 saturated carbocycles. The summed E-state index contributed by atoms with van der Waals surface area (Å²) in [4.78, 5) is 12.4. The fourth-order valence-electron chi connectivity index (χ4n) is 1.52. The van der Waals surface area contributed by atoms with E-state index in [2.05, 4.69) is 9.71 Å². The molecular weight excluding hydrogens is 256 g/mol. The Labute approximate surface area is 104 Å². The number of nitrogens with one attached hydrogen (secondary N) is 1. The molecule has 0 unspecified atom stereocenters. The van der Waals surface area contributed by atoms with Crippen molar-refractivity contribution in [1.29, 1.82) is 0 Å². The second-order valence-electron chi connectivity index (χ2n) is 3.83. The van der Waals surface area contributed by atoms with Gasteiger partial charge in [-0.15, -0.1) is 4.40 Å². The second-order valence-corrected chi connectivity index (χ2v) is 5.40. The van der Waals surface area contributed by atoms with Gasteiger partial charge in [-0.25, -0.2) is 0 Å². The van der Waals surface area contributed by atoms with Crippen LogP contribution >= 0.6 is 0 Å². The van der Waals surface area contributed by atoms with Gasteiger partial charge in [-0.05, 0) is 12.1 Å². The summed E-state index contributed by atoms with van der Waals surface area (Å²) in [6, 6.07) is 6.03. The Morgan fingerprint density at radius 2 is 2.06 bits per heavy atom. The lowest BCUT2D eigenvalue weighted by Gasteiger charge is -2.09. The molecule has 0 radical (unpaired) electrons. The van der Waals surface area contributed by atoms with E-state index in [0.717, 1.165) is 0 Å². The first-order valence-electron chi connectivity index (χ1n) is 5.10. The molecule has 1 aliphatic heterocycles. The average Bonchev–Trinajstić information content (AvgIpc) is 2.57. The van der Waals surface area contributed by atoms with Crippen molar-refractivity contribution in [2.75, 3.05) is 19.3 Å². The maximum Gasteiger partial charge on any atom is 0.287 e. The number of sulfonamides is 1. The SMILES string of the molecule is CN1CC(=O)N/C1=N\S(=O)(=O)c1ccccc1N. The van der Waals surface area contributed by atoms with Crippen molar-refractivity contribution < 1.29 is 13.2 Å². The predicted octanol–water partition coefficient (Wildman–Crippen LogP) is -0.625. The minimum atomic E-state index is -3.92. The number of nitrogens with two attached hydrogens (primary N) is 1. The molecule has 0 bridgehead atoms. The number of para-hydroxylation sites is 1.